The predicted molar refractivity (Wildman–Crippen MR) is 119 cm³/mol. The normalized spacial score (nSPS) is 17.2. The summed E-state index contributed by atoms with van der Waals surface area (Å²) in [6, 6.07) is 23.7. The summed E-state index contributed by atoms with van der Waals surface area (Å²) in [6.45, 7) is 1.98. The molecular formula is C27H21NO. The number of ketones is 1. The van der Waals surface area contributed by atoms with Gasteiger partial charge in [-0.15, -0.1) is 12.3 Å². The number of hydrogen-bond acceptors (Lipinski definition) is 2. The van der Waals surface area contributed by atoms with Crippen LogP contribution in [0.2, 0.25) is 0 Å². The zero-order valence-corrected chi connectivity index (χ0v) is 16.3. The van der Waals surface area contributed by atoms with E-state index in [1.54, 1.807) is 6.21 Å². The van der Waals surface area contributed by atoms with Crippen molar-refractivity contribution in [1.82, 2.24) is 0 Å². The summed E-state index contributed by atoms with van der Waals surface area (Å²) < 4.78 is 0. The Morgan fingerprint density at radius 1 is 1.00 bits per heavy atom. The molecule has 1 unspecified atom stereocenters. The average Bonchev–Trinajstić information content (AvgIpc) is 3.24. The van der Waals surface area contributed by atoms with E-state index >= 15 is 0 Å². The number of carbonyl (C=O) groups is 1. The van der Waals surface area contributed by atoms with Crippen LogP contribution in [0.3, 0.4) is 0 Å². The van der Waals surface area contributed by atoms with Crippen molar-refractivity contribution in [2.75, 3.05) is 0 Å². The summed E-state index contributed by atoms with van der Waals surface area (Å²) >= 11 is 0. The first-order valence-corrected chi connectivity index (χ1v) is 9.61. The van der Waals surface area contributed by atoms with E-state index in [9.17, 15) is 4.79 Å². The standard InChI is InChI=1S/C27H21NO/c1-3-15-27(16-8-17-28-27)24-12-7-11-22(19-24)23-13-14-25(20(2)18-23)26(29)21-9-5-4-6-10-21/h1,4-14,16-19H,15H2,2H3. The smallest absolute Gasteiger partial charge is 0.193 e. The van der Waals surface area contributed by atoms with Crippen molar-refractivity contribution in [3.8, 4) is 23.5 Å². The van der Waals surface area contributed by atoms with Gasteiger partial charge in [0.15, 0.2) is 5.78 Å². The van der Waals surface area contributed by atoms with Crippen LogP contribution in [0.5, 0.6) is 0 Å². The molecule has 0 spiro atoms. The summed E-state index contributed by atoms with van der Waals surface area (Å²) in [5.74, 6) is 2.79. The highest BCUT2D eigenvalue weighted by Crippen LogP contribution is 2.36. The van der Waals surface area contributed by atoms with Gasteiger partial charge >= 0.3 is 0 Å². The van der Waals surface area contributed by atoms with Gasteiger partial charge in [0.1, 0.15) is 5.54 Å². The van der Waals surface area contributed by atoms with E-state index in [4.69, 9.17) is 6.42 Å². The number of allylic oxidation sites excluding steroid dienone is 1. The van der Waals surface area contributed by atoms with E-state index in [0.717, 1.165) is 27.8 Å². The Hall–Kier alpha value is -3.70. The van der Waals surface area contributed by atoms with Crippen molar-refractivity contribution in [1.29, 1.82) is 0 Å². The molecule has 0 saturated carbocycles. The van der Waals surface area contributed by atoms with E-state index in [0.29, 0.717) is 12.0 Å². The number of terminal acetylenes is 1. The molecule has 1 atom stereocenters. The molecule has 0 bridgehead atoms. The van der Waals surface area contributed by atoms with Gasteiger partial charge in [0.2, 0.25) is 0 Å². The number of rotatable bonds is 5. The Morgan fingerprint density at radius 2 is 1.79 bits per heavy atom. The largest absolute Gasteiger partial charge is 0.289 e. The third kappa shape index (κ3) is 3.56. The van der Waals surface area contributed by atoms with Crippen molar-refractivity contribution in [2.24, 2.45) is 4.99 Å². The molecule has 0 amide bonds. The molecular weight excluding hydrogens is 354 g/mol. The molecule has 3 aromatic rings. The fourth-order valence-electron chi connectivity index (χ4n) is 3.77. The SMILES string of the molecule is C#CCC1(c2cccc(-c3ccc(C(=O)c4ccccc4)c(C)c3)c2)C=CC=N1. The maximum atomic E-state index is 12.8. The van der Waals surface area contributed by atoms with Crippen LogP contribution in [0.4, 0.5) is 0 Å². The molecule has 1 aliphatic rings. The van der Waals surface area contributed by atoms with Crippen LogP contribution in [-0.2, 0) is 5.54 Å². The molecule has 1 aliphatic heterocycles. The molecule has 4 rings (SSSR count). The molecule has 0 aliphatic carbocycles. The number of benzene rings is 3. The first-order chi connectivity index (χ1) is 14.1. The highest BCUT2D eigenvalue weighted by atomic mass is 16.1. The Bertz CT molecular complexity index is 1150. The highest BCUT2D eigenvalue weighted by Gasteiger charge is 2.29. The van der Waals surface area contributed by atoms with Gasteiger partial charge in [0, 0.05) is 23.8 Å². The monoisotopic (exact) mass is 375 g/mol. The van der Waals surface area contributed by atoms with Crippen molar-refractivity contribution in [3.63, 3.8) is 0 Å². The highest BCUT2D eigenvalue weighted by molar-refractivity contribution is 6.10. The molecule has 2 heteroatoms. The zero-order chi connectivity index (χ0) is 20.3. The number of nitrogens with zero attached hydrogens (tertiary/aromatic N) is 1. The molecule has 0 radical (unpaired) electrons. The lowest BCUT2D eigenvalue weighted by Crippen LogP contribution is -2.18. The van der Waals surface area contributed by atoms with Gasteiger partial charge in [0.05, 0.1) is 0 Å². The lowest BCUT2D eigenvalue weighted by atomic mass is 9.86. The van der Waals surface area contributed by atoms with E-state index in [2.05, 4.69) is 41.3 Å². The summed E-state index contributed by atoms with van der Waals surface area (Å²) in [5.41, 5.74) is 5.12. The van der Waals surface area contributed by atoms with E-state index < -0.39 is 5.54 Å². The molecule has 140 valence electrons. The average molecular weight is 375 g/mol. The second-order valence-corrected chi connectivity index (χ2v) is 7.25. The van der Waals surface area contributed by atoms with Crippen LogP contribution in [0.1, 0.15) is 33.5 Å². The molecule has 0 aromatic heterocycles. The first kappa shape index (κ1) is 18.7. The van der Waals surface area contributed by atoms with Crippen molar-refractivity contribution in [3.05, 3.63) is 107 Å². The van der Waals surface area contributed by atoms with Crippen LogP contribution in [0.25, 0.3) is 11.1 Å². The van der Waals surface area contributed by atoms with Gasteiger partial charge in [0.25, 0.3) is 0 Å². The maximum Gasteiger partial charge on any atom is 0.193 e. The summed E-state index contributed by atoms with van der Waals surface area (Å²) in [4.78, 5) is 17.4. The van der Waals surface area contributed by atoms with E-state index in [1.165, 1.54) is 0 Å². The number of aryl methyl sites for hydroxylation is 1. The summed E-state index contributed by atoms with van der Waals surface area (Å²) in [5, 5.41) is 0. The second-order valence-electron chi connectivity index (χ2n) is 7.25. The van der Waals surface area contributed by atoms with Crippen LogP contribution in [-0.4, -0.2) is 12.0 Å². The Labute approximate surface area is 171 Å². The molecule has 0 fully saturated rings. The minimum Gasteiger partial charge on any atom is -0.289 e. The Balaban J connectivity index is 1.69. The van der Waals surface area contributed by atoms with Gasteiger partial charge in [-0.25, -0.2) is 0 Å². The van der Waals surface area contributed by atoms with Gasteiger partial charge in [-0.3, -0.25) is 9.79 Å². The first-order valence-electron chi connectivity index (χ1n) is 9.61. The summed E-state index contributed by atoms with van der Waals surface area (Å²) in [6.07, 6.45) is 11.9. The molecule has 0 saturated heterocycles. The molecule has 2 nitrogen and oxygen atoms in total. The van der Waals surface area contributed by atoms with E-state index in [-0.39, 0.29) is 5.78 Å². The van der Waals surface area contributed by atoms with Gasteiger partial charge in [-0.05, 0) is 41.3 Å². The van der Waals surface area contributed by atoms with E-state index in [1.807, 2.05) is 61.5 Å². The lowest BCUT2D eigenvalue weighted by molar-refractivity contribution is 0.103. The topological polar surface area (TPSA) is 29.4 Å². The Kier molecular flexibility index (Phi) is 4.97. The minimum atomic E-state index is -0.483. The molecule has 29 heavy (non-hydrogen) atoms. The maximum absolute atomic E-state index is 12.8. The van der Waals surface area contributed by atoms with Gasteiger partial charge in [-0.2, -0.15) is 0 Å². The molecule has 0 N–H and O–H groups in total. The predicted octanol–water partition coefficient (Wildman–Crippen LogP) is 5.75. The molecule has 1 heterocycles. The van der Waals surface area contributed by atoms with Crippen LogP contribution >= 0.6 is 0 Å². The number of aliphatic imine (C=N–C) groups is 1. The fourth-order valence-corrected chi connectivity index (χ4v) is 3.77. The fraction of sp³-hybridized carbons (Fsp3) is 0.111. The molecule has 3 aromatic carbocycles. The number of carbonyl (C=O) groups excluding carboxylic acids is 1. The lowest BCUT2D eigenvalue weighted by Gasteiger charge is -2.23. The number of hydrogen-bond donors (Lipinski definition) is 0. The van der Waals surface area contributed by atoms with Crippen molar-refractivity contribution in [2.45, 2.75) is 18.9 Å². The van der Waals surface area contributed by atoms with Crippen LogP contribution in [0, 0.1) is 19.3 Å². The zero-order valence-electron chi connectivity index (χ0n) is 16.3. The van der Waals surface area contributed by atoms with Gasteiger partial charge < -0.3 is 0 Å². The van der Waals surface area contributed by atoms with Crippen molar-refractivity contribution < 1.29 is 4.79 Å². The Morgan fingerprint density at radius 3 is 2.48 bits per heavy atom. The third-order valence-electron chi connectivity index (χ3n) is 5.34. The quantitative estimate of drug-likeness (QED) is 0.412. The van der Waals surface area contributed by atoms with Crippen LogP contribution in [0.15, 0.2) is 89.9 Å². The third-order valence-corrected chi connectivity index (χ3v) is 5.34. The van der Waals surface area contributed by atoms with Gasteiger partial charge in [-0.1, -0.05) is 72.8 Å². The van der Waals surface area contributed by atoms with Crippen molar-refractivity contribution >= 4 is 12.0 Å². The minimum absolute atomic E-state index is 0.0433. The second kappa shape index (κ2) is 7.73. The van der Waals surface area contributed by atoms with Crippen LogP contribution < -0.4 is 0 Å². The summed E-state index contributed by atoms with van der Waals surface area (Å²) in [7, 11) is 0.